The summed E-state index contributed by atoms with van der Waals surface area (Å²) in [6, 6.07) is 12.8. The van der Waals surface area contributed by atoms with Gasteiger partial charge in [-0.25, -0.2) is 8.42 Å². The van der Waals surface area contributed by atoms with Gasteiger partial charge in [0.1, 0.15) is 6.73 Å². The maximum Gasteiger partial charge on any atom is 0.242 e. The first-order valence-corrected chi connectivity index (χ1v) is 10.7. The smallest absolute Gasteiger partial charge is 0.242 e. The van der Waals surface area contributed by atoms with E-state index in [1.165, 1.54) is 0 Å². The molecule has 0 aliphatic rings. The largest absolute Gasteiger partial charge is 0.380 e. The van der Waals surface area contributed by atoms with Crippen LogP contribution in [0.5, 0.6) is 0 Å². The van der Waals surface area contributed by atoms with Crippen molar-refractivity contribution in [3.8, 4) is 11.3 Å². The third kappa shape index (κ3) is 3.71. The van der Waals surface area contributed by atoms with Crippen LogP contribution in [0.3, 0.4) is 0 Å². The third-order valence-corrected chi connectivity index (χ3v) is 5.95. The molecule has 2 N–H and O–H groups in total. The Morgan fingerprint density at radius 2 is 1.72 bits per heavy atom. The van der Waals surface area contributed by atoms with Crippen molar-refractivity contribution in [3.63, 3.8) is 0 Å². The van der Waals surface area contributed by atoms with Crippen LogP contribution in [-0.4, -0.2) is 40.1 Å². The van der Waals surface area contributed by atoms with Gasteiger partial charge in [0.25, 0.3) is 0 Å². The lowest BCUT2D eigenvalue weighted by Gasteiger charge is -2.12. The molecular formula is C20H23N5O3S. The number of benzene rings is 2. The number of fused-ring (bicyclic) bond motifs is 3. The fraction of sp³-hybridized carbons (Fsp3) is 0.250. The normalized spacial score (nSPS) is 11.5. The lowest BCUT2D eigenvalue weighted by Crippen LogP contribution is -2.25. The standard InChI is InChI=1S/C18H17N5O3S.C2H6/c1-11-7-8-13(9-16(11)27(25,26)19-10-24)17-14-5-3-4-6-15(14)18-21-20-12(2)23(18)22-17;1-2/h3-9,19,24H,10H2,1-2H3;1-2H3. The SMILES string of the molecule is CC.Cc1ccc(-c2nn3c(C)nnc3c3ccccc23)cc1S(=O)(=O)NCO. The Bertz CT molecular complexity index is 1280. The Labute approximate surface area is 169 Å². The van der Waals surface area contributed by atoms with Gasteiger partial charge in [0.15, 0.2) is 11.5 Å². The van der Waals surface area contributed by atoms with E-state index in [-0.39, 0.29) is 4.90 Å². The molecule has 152 valence electrons. The molecule has 0 spiro atoms. The van der Waals surface area contributed by atoms with Crippen LogP contribution >= 0.6 is 0 Å². The maximum atomic E-state index is 12.4. The average molecular weight is 414 g/mol. The van der Waals surface area contributed by atoms with Crippen molar-refractivity contribution in [2.75, 3.05) is 6.73 Å². The average Bonchev–Trinajstić information content (AvgIpc) is 3.10. The topological polar surface area (TPSA) is 109 Å². The van der Waals surface area contributed by atoms with Gasteiger partial charge in [-0.05, 0) is 25.5 Å². The molecule has 0 saturated heterocycles. The van der Waals surface area contributed by atoms with E-state index >= 15 is 0 Å². The zero-order valence-electron chi connectivity index (χ0n) is 16.7. The summed E-state index contributed by atoms with van der Waals surface area (Å²) in [5, 5.41) is 23.7. The van der Waals surface area contributed by atoms with Crippen LogP contribution in [0.2, 0.25) is 0 Å². The molecule has 0 radical (unpaired) electrons. The first-order chi connectivity index (χ1) is 13.9. The molecule has 4 rings (SSSR count). The third-order valence-electron chi connectivity index (χ3n) is 4.43. The van der Waals surface area contributed by atoms with Crippen molar-refractivity contribution in [1.82, 2.24) is 24.5 Å². The Hall–Kier alpha value is -2.88. The second-order valence-corrected chi connectivity index (χ2v) is 7.90. The predicted octanol–water partition coefficient (Wildman–Crippen LogP) is 2.82. The highest BCUT2D eigenvalue weighted by Gasteiger charge is 2.19. The molecule has 0 amide bonds. The molecule has 2 aromatic carbocycles. The number of nitrogens with zero attached hydrogens (tertiary/aromatic N) is 4. The lowest BCUT2D eigenvalue weighted by atomic mass is 10.0. The van der Waals surface area contributed by atoms with Gasteiger partial charge in [0.2, 0.25) is 10.0 Å². The molecule has 4 aromatic rings. The molecule has 0 unspecified atom stereocenters. The van der Waals surface area contributed by atoms with E-state index in [0.29, 0.717) is 28.3 Å². The molecule has 0 bridgehead atoms. The molecule has 9 heteroatoms. The number of aliphatic hydroxyl groups is 1. The Morgan fingerprint density at radius 1 is 1.03 bits per heavy atom. The van der Waals surface area contributed by atoms with E-state index in [2.05, 4.69) is 20.0 Å². The van der Waals surface area contributed by atoms with Crippen molar-refractivity contribution in [1.29, 1.82) is 0 Å². The van der Waals surface area contributed by atoms with E-state index in [9.17, 15) is 8.42 Å². The summed E-state index contributed by atoms with van der Waals surface area (Å²) in [4.78, 5) is 0.0977. The molecule has 8 nitrogen and oxygen atoms in total. The highest BCUT2D eigenvalue weighted by Crippen LogP contribution is 2.31. The van der Waals surface area contributed by atoms with E-state index in [1.54, 1.807) is 23.6 Å². The molecule has 0 saturated carbocycles. The van der Waals surface area contributed by atoms with E-state index in [1.807, 2.05) is 51.1 Å². The van der Waals surface area contributed by atoms with Gasteiger partial charge < -0.3 is 5.11 Å². The molecule has 0 fully saturated rings. The number of aromatic nitrogens is 4. The van der Waals surface area contributed by atoms with Gasteiger partial charge in [-0.2, -0.15) is 14.3 Å². The van der Waals surface area contributed by atoms with Gasteiger partial charge in [-0.3, -0.25) is 0 Å². The minimum atomic E-state index is -3.82. The number of nitrogens with one attached hydrogen (secondary N) is 1. The van der Waals surface area contributed by atoms with Gasteiger partial charge >= 0.3 is 0 Å². The number of sulfonamides is 1. The fourth-order valence-corrected chi connectivity index (χ4v) is 4.20. The van der Waals surface area contributed by atoms with Crippen LogP contribution in [0.15, 0.2) is 47.4 Å². The van der Waals surface area contributed by atoms with Crippen LogP contribution in [0.4, 0.5) is 0 Å². The van der Waals surface area contributed by atoms with Crippen molar-refractivity contribution >= 4 is 26.4 Å². The number of hydrogen-bond acceptors (Lipinski definition) is 6. The zero-order chi connectivity index (χ0) is 21.2. The Balaban J connectivity index is 0.00000117. The first kappa shape index (κ1) is 20.8. The molecule has 0 aliphatic carbocycles. The van der Waals surface area contributed by atoms with Crippen molar-refractivity contribution in [2.45, 2.75) is 32.6 Å². The predicted molar refractivity (Wildman–Crippen MR) is 112 cm³/mol. The van der Waals surface area contributed by atoms with Crippen molar-refractivity contribution in [2.24, 2.45) is 0 Å². The molecule has 2 aromatic heterocycles. The second kappa shape index (κ2) is 8.24. The summed E-state index contributed by atoms with van der Waals surface area (Å²) in [5.74, 6) is 0.638. The van der Waals surface area contributed by atoms with E-state index in [0.717, 1.165) is 10.8 Å². The molecule has 0 atom stereocenters. The van der Waals surface area contributed by atoms with E-state index in [4.69, 9.17) is 5.11 Å². The number of hydrogen-bond donors (Lipinski definition) is 2. The van der Waals surface area contributed by atoms with Crippen molar-refractivity contribution < 1.29 is 13.5 Å². The quantitative estimate of drug-likeness (QED) is 0.498. The summed E-state index contributed by atoms with van der Waals surface area (Å²) >= 11 is 0. The molecule has 29 heavy (non-hydrogen) atoms. The van der Waals surface area contributed by atoms with Gasteiger partial charge in [-0.15, -0.1) is 10.2 Å². The number of aliphatic hydroxyl groups excluding tert-OH is 1. The lowest BCUT2D eigenvalue weighted by molar-refractivity contribution is 0.288. The van der Waals surface area contributed by atoms with Crippen LogP contribution in [0.25, 0.3) is 27.7 Å². The summed E-state index contributed by atoms with van der Waals surface area (Å²) in [6.07, 6.45) is 0. The Morgan fingerprint density at radius 3 is 2.41 bits per heavy atom. The molecule has 2 heterocycles. The van der Waals surface area contributed by atoms with E-state index < -0.39 is 16.8 Å². The summed E-state index contributed by atoms with van der Waals surface area (Å²) in [6.45, 7) is 6.84. The van der Waals surface area contributed by atoms with Crippen LogP contribution in [-0.2, 0) is 10.0 Å². The van der Waals surface area contributed by atoms with Crippen LogP contribution in [0.1, 0.15) is 25.2 Å². The molecular weight excluding hydrogens is 390 g/mol. The number of rotatable bonds is 4. The highest BCUT2D eigenvalue weighted by molar-refractivity contribution is 7.89. The minimum Gasteiger partial charge on any atom is -0.380 e. The zero-order valence-corrected chi connectivity index (χ0v) is 17.5. The second-order valence-electron chi connectivity index (χ2n) is 6.16. The van der Waals surface area contributed by atoms with Crippen molar-refractivity contribution in [3.05, 3.63) is 53.9 Å². The Kier molecular flexibility index (Phi) is 5.92. The maximum absolute atomic E-state index is 12.4. The van der Waals surface area contributed by atoms with Crippen LogP contribution < -0.4 is 4.72 Å². The highest BCUT2D eigenvalue weighted by atomic mass is 32.2. The molecule has 0 aliphatic heterocycles. The van der Waals surface area contributed by atoms with Gasteiger partial charge in [-0.1, -0.05) is 50.2 Å². The first-order valence-electron chi connectivity index (χ1n) is 9.24. The summed E-state index contributed by atoms with van der Waals surface area (Å²) < 4.78 is 28.6. The number of aryl methyl sites for hydroxylation is 2. The fourth-order valence-electron chi connectivity index (χ4n) is 3.10. The summed E-state index contributed by atoms with van der Waals surface area (Å²) in [5.41, 5.74) is 2.49. The van der Waals surface area contributed by atoms with Crippen LogP contribution in [0, 0.1) is 13.8 Å². The van der Waals surface area contributed by atoms with Gasteiger partial charge in [0.05, 0.1) is 10.6 Å². The van der Waals surface area contributed by atoms with Gasteiger partial charge in [0, 0.05) is 16.3 Å². The monoisotopic (exact) mass is 413 g/mol. The minimum absolute atomic E-state index is 0.0977. The summed E-state index contributed by atoms with van der Waals surface area (Å²) in [7, 11) is -3.82.